The minimum atomic E-state index is -0.691. The van der Waals surface area contributed by atoms with Crippen LogP contribution in [0.5, 0.6) is 0 Å². The number of carbonyl (C=O) groups excluding carboxylic acids is 1. The van der Waals surface area contributed by atoms with Crippen molar-refractivity contribution in [2.24, 2.45) is 0 Å². The number of amides is 1. The van der Waals surface area contributed by atoms with E-state index >= 15 is 0 Å². The maximum atomic E-state index is 14.4. The summed E-state index contributed by atoms with van der Waals surface area (Å²) in [6.07, 6.45) is 4.80. The molecule has 2 aliphatic heterocycles. The van der Waals surface area contributed by atoms with Gasteiger partial charge in [-0.1, -0.05) is 11.6 Å². The SMILES string of the molecule is O=C(c1cnc2c(n1)N(Cc1c(F)ccc(F)c1Cl)CCN2)N1CCN(c2ncccn2)CC1. The molecular formula is C22H21ClF2N8O. The lowest BCUT2D eigenvalue weighted by Gasteiger charge is -2.35. The third-order valence-corrected chi connectivity index (χ3v) is 6.25. The van der Waals surface area contributed by atoms with Gasteiger partial charge in [-0.15, -0.1) is 0 Å². The predicted octanol–water partition coefficient (Wildman–Crippen LogP) is 2.59. The molecule has 0 radical (unpaired) electrons. The van der Waals surface area contributed by atoms with Crippen molar-refractivity contribution >= 4 is 35.1 Å². The van der Waals surface area contributed by atoms with Crippen LogP contribution in [0.2, 0.25) is 5.02 Å². The second-order valence-electron chi connectivity index (χ2n) is 7.93. The number of hydrogen-bond donors (Lipinski definition) is 1. The van der Waals surface area contributed by atoms with Gasteiger partial charge >= 0.3 is 0 Å². The number of aromatic nitrogens is 4. The van der Waals surface area contributed by atoms with E-state index in [4.69, 9.17) is 11.6 Å². The van der Waals surface area contributed by atoms with Crippen LogP contribution in [0.1, 0.15) is 16.1 Å². The van der Waals surface area contributed by atoms with Crippen LogP contribution in [0.25, 0.3) is 0 Å². The summed E-state index contributed by atoms with van der Waals surface area (Å²) < 4.78 is 28.3. The van der Waals surface area contributed by atoms with Crippen LogP contribution in [0.3, 0.4) is 0 Å². The van der Waals surface area contributed by atoms with E-state index in [1.54, 1.807) is 28.3 Å². The Morgan fingerprint density at radius 2 is 1.76 bits per heavy atom. The van der Waals surface area contributed by atoms with Gasteiger partial charge in [0.2, 0.25) is 5.95 Å². The van der Waals surface area contributed by atoms with Crippen LogP contribution in [0, 0.1) is 11.6 Å². The van der Waals surface area contributed by atoms with Gasteiger partial charge in [-0.3, -0.25) is 4.79 Å². The zero-order chi connectivity index (χ0) is 23.7. The standard InChI is InChI=1S/C22H21ClF2N8O/c23-18-14(15(24)2-3-16(18)25)13-33-7-6-26-19-20(33)30-17(12-29-19)21(34)31-8-10-32(11-9-31)22-27-4-1-5-28-22/h1-5,12H,6-11,13H2,(H,26,29). The number of benzene rings is 1. The van der Waals surface area contributed by atoms with Crippen LogP contribution < -0.4 is 15.1 Å². The molecule has 0 spiro atoms. The van der Waals surface area contributed by atoms with E-state index in [0.717, 1.165) is 12.1 Å². The van der Waals surface area contributed by atoms with Crippen molar-refractivity contribution in [1.29, 1.82) is 0 Å². The summed E-state index contributed by atoms with van der Waals surface area (Å²) in [6, 6.07) is 3.80. The molecule has 176 valence electrons. The predicted molar refractivity (Wildman–Crippen MR) is 123 cm³/mol. The molecule has 5 rings (SSSR count). The molecule has 0 aliphatic carbocycles. The first-order valence-corrected chi connectivity index (χ1v) is 11.2. The second-order valence-corrected chi connectivity index (χ2v) is 8.30. The Balaban J connectivity index is 1.33. The van der Waals surface area contributed by atoms with E-state index in [1.165, 1.54) is 6.20 Å². The smallest absolute Gasteiger partial charge is 0.274 e. The highest BCUT2D eigenvalue weighted by molar-refractivity contribution is 6.31. The molecule has 1 amide bonds. The number of halogens is 3. The molecule has 2 aliphatic rings. The highest BCUT2D eigenvalue weighted by atomic mass is 35.5. The number of nitrogens with zero attached hydrogens (tertiary/aromatic N) is 7. The molecule has 2 aromatic heterocycles. The van der Waals surface area contributed by atoms with Crippen molar-refractivity contribution in [2.75, 3.05) is 54.4 Å². The van der Waals surface area contributed by atoms with E-state index in [2.05, 4.69) is 25.3 Å². The van der Waals surface area contributed by atoms with Crippen molar-refractivity contribution in [3.8, 4) is 0 Å². The third kappa shape index (κ3) is 4.30. The van der Waals surface area contributed by atoms with E-state index in [0.29, 0.717) is 56.9 Å². The largest absolute Gasteiger partial charge is 0.365 e. The van der Waals surface area contributed by atoms with Crippen molar-refractivity contribution in [3.05, 3.63) is 64.7 Å². The van der Waals surface area contributed by atoms with Crippen LogP contribution in [-0.2, 0) is 6.54 Å². The van der Waals surface area contributed by atoms with Crippen molar-refractivity contribution in [2.45, 2.75) is 6.54 Å². The van der Waals surface area contributed by atoms with Gasteiger partial charge in [-0.25, -0.2) is 28.7 Å². The summed E-state index contributed by atoms with van der Waals surface area (Å²) >= 11 is 6.02. The zero-order valence-electron chi connectivity index (χ0n) is 18.1. The molecule has 1 N–H and O–H groups in total. The topological polar surface area (TPSA) is 90.4 Å². The number of fused-ring (bicyclic) bond motifs is 1. The third-order valence-electron chi connectivity index (χ3n) is 5.84. The van der Waals surface area contributed by atoms with E-state index in [9.17, 15) is 13.6 Å². The Hall–Kier alpha value is -3.60. The van der Waals surface area contributed by atoms with Gasteiger partial charge in [0.1, 0.15) is 17.3 Å². The quantitative estimate of drug-likeness (QED) is 0.563. The maximum absolute atomic E-state index is 14.4. The molecule has 4 heterocycles. The minimum Gasteiger partial charge on any atom is -0.365 e. The molecule has 12 heteroatoms. The Morgan fingerprint density at radius 3 is 2.53 bits per heavy atom. The summed E-state index contributed by atoms with van der Waals surface area (Å²) in [6.45, 7) is 3.16. The van der Waals surface area contributed by atoms with Gasteiger partial charge in [0, 0.05) is 63.8 Å². The Labute approximate surface area is 199 Å². The van der Waals surface area contributed by atoms with E-state index in [-0.39, 0.29) is 28.7 Å². The summed E-state index contributed by atoms with van der Waals surface area (Å²) in [5, 5.41) is 2.86. The Bertz CT molecular complexity index is 1210. The summed E-state index contributed by atoms with van der Waals surface area (Å²) in [5.74, 6) is -0.0390. The molecule has 3 aromatic rings. The first-order valence-electron chi connectivity index (χ1n) is 10.8. The zero-order valence-corrected chi connectivity index (χ0v) is 18.8. The van der Waals surface area contributed by atoms with Crippen molar-refractivity contribution in [1.82, 2.24) is 24.8 Å². The maximum Gasteiger partial charge on any atom is 0.274 e. The molecule has 34 heavy (non-hydrogen) atoms. The number of nitrogens with one attached hydrogen (secondary N) is 1. The van der Waals surface area contributed by atoms with Crippen LogP contribution in [-0.4, -0.2) is 70.0 Å². The highest BCUT2D eigenvalue weighted by Gasteiger charge is 2.28. The Kier molecular flexibility index (Phi) is 6.10. The van der Waals surface area contributed by atoms with Gasteiger partial charge in [0.05, 0.1) is 11.2 Å². The van der Waals surface area contributed by atoms with Gasteiger partial charge in [-0.2, -0.15) is 0 Å². The van der Waals surface area contributed by atoms with Crippen molar-refractivity contribution < 1.29 is 13.6 Å². The lowest BCUT2D eigenvalue weighted by Crippen LogP contribution is -2.49. The first kappa shape index (κ1) is 22.2. The van der Waals surface area contributed by atoms with E-state index in [1.807, 2.05) is 4.90 Å². The average Bonchev–Trinajstić information content (AvgIpc) is 2.89. The average molecular weight is 487 g/mol. The fourth-order valence-corrected chi connectivity index (χ4v) is 4.24. The van der Waals surface area contributed by atoms with Crippen LogP contribution in [0.15, 0.2) is 36.8 Å². The summed E-state index contributed by atoms with van der Waals surface area (Å²) in [4.78, 5) is 36.0. The Morgan fingerprint density at radius 1 is 1.03 bits per heavy atom. The minimum absolute atomic E-state index is 0.000813. The van der Waals surface area contributed by atoms with Crippen LogP contribution in [0.4, 0.5) is 26.4 Å². The molecular weight excluding hydrogens is 466 g/mol. The second kappa shape index (κ2) is 9.34. The number of piperazine rings is 1. The van der Waals surface area contributed by atoms with Gasteiger partial charge in [-0.05, 0) is 18.2 Å². The normalized spacial score (nSPS) is 15.7. The fraction of sp³-hybridized carbons (Fsp3) is 0.318. The fourth-order valence-electron chi connectivity index (χ4n) is 4.03. The first-order chi connectivity index (χ1) is 16.5. The van der Waals surface area contributed by atoms with Crippen molar-refractivity contribution in [3.63, 3.8) is 0 Å². The number of hydrogen-bond acceptors (Lipinski definition) is 8. The van der Waals surface area contributed by atoms with Crippen LogP contribution >= 0.6 is 11.6 Å². The van der Waals surface area contributed by atoms with Gasteiger partial charge in [0.25, 0.3) is 5.91 Å². The molecule has 1 saturated heterocycles. The molecule has 1 aromatic carbocycles. The molecule has 0 saturated carbocycles. The molecule has 0 atom stereocenters. The van der Waals surface area contributed by atoms with Gasteiger partial charge in [0.15, 0.2) is 11.6 Å². The molecule has 1 fully saturated rings. The lowest BCUT2D eigenvalue weighted by atomic mass is 10.1. The van der Waals surface area contributed by atoms with Gasteiger partial charge < -0.3 is 20.0 Å². The summed E-state index contributed by atoms with van der Waals surface area (Å²) in [5.41, 5.74) is 0.218. The molecule has 0 unspecified atom stereocenters. The number of carbonyl (C=O) groups is 1. The monoisotopic (exact) mass is 486 g/mol. The number of anilines is 3. The molecule has 9 nitrogen and oxygen atoms in total. The summed E-state index contributed by atoms with van der Waals surface area (Å²) in [7, 11) is 0. The number of rotatable bonds is 4. The highest BCUT2D eigenvalue weighted by Crippen LogP contribution is 2.30. The van der Waals surface area contributed by atoms with E-state index < -0.39 is 11.6 Å². The lowest BCUT2D eigenvalue weighted by molar-refractivity contribution is 0.0740. The molecule has 0 bridgehead atoms.